The number of amides is 3. The summed E-state index contributed by atoms with van der Waals surface area (Å²) >= 11 is 0. The third-order valence-corrected chi connectivity index (χ3v) is 4.35. The molecule has 0 saturated heterocycles. The predicted molar refractivity (Wildman–Crippen MR) is 121 cm³/mol. The molecule has 7 heteroatoms. The summed E-state index contributed by atoms with van der Waals surface area (Å²) < 4.78 is 0. The summed E-state index contributed by atoms with van der Waals surface area (Å²) in [4.78, 5) is 37.7. The van der Waals surface area contributed by atoms with Crippen LogP contribution >= 0.6 is 0 Å². The Hall–Kier alpha value is -3.35. The van der Waals surface area contributed by atoms with Crippen LogP contribution in [0.5, 0.6) is 0 Å². The number of anilines is 3. The molecule has 0 heterocycles. The van der Waals surface area contributed by atoms with Crippen LogP contribution in [-0.4, -0.2) is 42.3 Å². The fraction of sp³-hybridized carbons (Fsp3) is 0.348. The quantitative estimate of drug-likeness (QED) is 0.553. The van der Waals surface area contributed by atoms with Crippen LogP contribution in [0.25, 0.3) is 0 Å². The molecule has 2 rings (SSSR count). The van der Waals surface area contributed by atoms with E-state index < -0.39 is 0 Å². The third-order valence-electron chi connectivity index (χ3n) is 4.35. The lowest BCUT2D eigenvalue weighted by molar-refractivity contribution is -0.115. The second-order valence-corrected chi connectivity index (χ2v) is 7.03. The van der Waals surface area contributed by atoms with E-state index in [1.165, 1.54) is 6.92 Å². The first-order chi connectivity index (χ1) is 14.4. The maximum absolute atomic E-state index is 12.6. The van der Waals surface area contributed by atoms with Crippen molar-refractivity contribution in [3.8, 4) is 0 Å². The number of carbonyl (C=O) groups excluding carboxylic acids is 3. The van der Waals surface area contributed by atoms with Crippen molar-refractivity contribution in [2.75, 3.05) is 35.6 Å². The molecule has 2 aromatic rings. The Morgan fingerprint density at radius 2 is 1.27 bits per heavy atom. The molecule has 0 saturated carbocycles. The minimum absolute atomic E-state index is 0.0331. The zero-order valence-electron chi connectivity index (χ0n) is 17.8. The van der Waals surface area contributed by atoms with E-state index in [1.807, 2.05) is 4.90 Å². The molecule has 160 valence electrons. The predicted octanol–water partition coefficient (Wildman–Crippen LogP) is 3.96. The number of nitrogens with one attached hydrogen (secondary N) is 3. The van der Waals surface area contributed by atoms with E-state index in [2.05, 4.69) is 29.8 Å². The SMILES string of the molecule is CCCN(CCC)C(=O)c1ccc(NCC(=O)Nc2ccc(NC(C)=O)cc2)cc1. The van der Waals surface area contributed by atoms with E-state index in [4.69, 9.17) is 0 Å². The second-order valence-electron chi connectivity index (χ2n) is 7.03. The molecule has 0 atom stereocenters. The van der Waals surface area contributed by atoms with Gasteiger partial charge in [-0.2, -0.15) is 0 Å². The molecule has 30 heavy (non-hydrogen) atoms. The van der Waals surface area contributed by atoms with Gasteiger partial charge in [-0.1, -0.05) is 13.8 Å². The summed E-state index contributed by atoms with van der Waals surface area (Å²) in [7, 11) is 0. The molecular weight excluding hydrogens is 380 g/mol. The molecule has 0 aliphatic heterocycles. The van der Waals surface area contributed by atoms with Crippen LogP contribution in [0.2, 0.25) is 0 Å². The summed E-state index contributed by atoms with van der Waals surface area (Å²) in [5.41, 5.74) is 2.72. The van der Waals surface area contributed by atoms with Crippen LogP contribution in [-0.2, 0) is 9.59 Å². The van der Waals surface area contributed by atoms with E-state index in [9.17, 15) is 14.4 Å². The average Bonchev–Trinajstić information content (AvgIpc) is 2.73. The van der Waals surface area contributed by atoms with Crippen LogP contribution < -0.4 is 16.0 Å². The molecule has 0 spiro atoms. The Labute approximate surface area is 177 Å². The molecule has 0 fully saturated rings. The van der Waals surface area contributed by atoms with Crippen molar-refractivity contribution in [1.82, 2.24) is 4.90 Å². The first-order valence-corrected chi connectivity index (χ1v) is 10.2. The zero-order valence-corrected chi connectivity index (χ0v) is 17.8. The summed E-state index contributed by atoms with van der Waals surface area (Å²) in [5.74, 6) is -0.308. The Morgan fingerprint density at radius 3 is 1.77 bits per heavy atom. The van der Waals surface area contributed by atoms with Gasteiger partial charge in [0.05, 0.1) is 6.54 Å². The van der Waals surface area contributed by atoms with Crippen molar-refractivity contribution in [2.24, 2.45) is 0 Å². The van der Waals surface area contributed by atoms with Gasteiger partial charge in [-0.25, -0.2) is 0 Å². The molecule has 0 unspecified atom stereocenters. The van der Waals surface area contributed by atoms with Gasteiger partial charge in [0.2, 0.25) is 11.8 Å². The van der Waals surface area contributed by atoms with E-state index in [-0.39, 0.29) is 24.3 Å². The van der Waals surface area contributed by atoms with Crippen LogP contribution in [0, 0.1) is 0 Å². The van der Waals surface area contributed by atoms with Crippen LogP contribution in [0.3, 0.4) is 0 Å². The Morgan fingerprint density at radius 1 is 0.767 bits per heavy atom. The smallest absolute Gasteiger partial charge is 0.253 e. The first-order valence-electron chi connectivity index (χ1n) is 10.2. The van der Waals surface area contributed by atoms with E-state index in [0.717, 1.165) is 31.6 Å². The normalized spacial score (nSPS) is 10.2. The first kappa shape index (κ1) is 22.9. The van der Waals surface area contributed by atoms with Gasteiger partial charge >= 0.3 is 0 Å². The molecule has 0 aliphatic rings. The highest BCUT2D eigenvalue weighted by Crippen LogP contribution is 2.14. The van der Waals surface area contributed by atoms with E-state index in [0.29, 0.717) is 16.9 Å². The standard InChI is InChI=1S/C23H30N4O3/c1-4-14-27(15-5-2)23(30)18-6-8-19(9-7-18)24-16-22(29)26-21-12-10-20(11-13-21)25-17(3)28/h6-13,24H,4-5,14-16H2,1-3H3,(H,25,28)(H,26,29). The molecule has 0 bridgehead atoms. The summed E-state index contributed by atoms with van der Waals surface area (Å²) in [6.45, 7) is 7.16. The van der Waals surface area contributed by atoms with E-state index >= 15 is 0 Å². The summed E-state index contributed by atoms with van der Waals surface area (Å²) in [5, 5.41) is 8.52. The molecule has 0 radical (unpaired) electrons. The van der Waals surface area contributed by atoms with Crippen molar-refractivity contribution >= 4 is 34.8 Å². The second kappa shape index (κ2) is 11.6. The number of nitrogens with zero attached hydrogens (tertiary/aromatic N) is 1. The van der Waals surface area contributed by atoms with Crippen molar-refractivity contribution in [2.45, 2.75) is 33.6 Å². The Kier molecular flexibility index (Phi) is 8.87. The summed E-state index contributed by atoms with van der Waals surface area (Å²) in [6, 6.07) is 14.1. The fourth-order valence-corrected chi connectivity index (χ4v) is 3.00. The minimum atomic E-state index is -0.195. The molecule has 3 amide bonds. The molecule has 0 aromatic heterocycles. The van der Waals surface area contributed by atoms with Gasteiger partial charge < -0.3 is 20.9 Å². The molecule has 0 aliphatic carbocycles. The van der Waals surface area contributed by atoms with Crippen LogP contribution in [0.4, 0.5) is 17.1 Å². The fourth-order valence-electron chi connectivity index (χ4n) is 3.00. The molecule has 2 aromatic carbocycles. The zero-order chi connectivity index (χ0) is 21.9. The van der Waals surface area contributed by atoms with Crippen LogP contribution in [0.15, 0.2) is 48.5 Å². The van der Waals surface area contributed by atoms with Gasteiger partial charge in [0.1, 0.15) is 0 Å². The van der Waals surface area contributed by atoms with Gasteiger partial charge in [0.25, 0.3) is 5.91 Å². The topological polar surface area (TPSA) is 90.5 Å². The molecule has 7 nitrogen and oxygen atoms in total. The molecule has 3 N–H and O–H groups in total. The lowest BCUT2D eigenvalue weighted by Crippen LogP contribution is -2.32. The highest BCUT2D eigenvalue weighted by molar-refractivity contribution is 5.96. The molecular formula is C23H30N4O3. The van der Waals surface area contributed by atoms with Crippen molar-refractivity contribution < 1.29 is 14.4 Å². The Bertz CT molecular complexity index is 842. The number of benzene rings is 2. The van der Waals surface area contributed by atoms with Gasteiger partial charge in [0, 0.05) is 42.6 Å². The number of carbonyl (C=O) groups is 3. The maximum atomic E-state index is 12.6. The van der Waals surface area contributed by atoms with E-state index in [1.54, 1.807) is 48.5 Å². The third kappa shape index (κ3) is 7.24. The maximum Gasteiger partial charge on any atom is 0.253 e. The van der Waals surface area contributed by atoms with Crippen molar-refractivity contribution in [1.29, 1.82) is 0 Å². The largest absolute Gasteiger partial charge is 0.376 e. The van der Waals surface area contributed by atoms with Gasteiger partial charge in [-0.3, -0.25) is 14.4 Å². The van der Waals surface area contributed by atoms with Crippen LogP contribution in [0.1, 0.15) is 44.0 Å². The van der Waals surface area contributed by atoms with Crippen molar-refractivity contribution in [3.63, 3.8) is 0 Å². The Balaban J connectivity index is 1.86. The van der Waals surface area contributed by atoms with Gasteiger partial charge in [-0.15, -0.1) is 0 Å². The number of rotatable bonds is 10. The highest BCUT2D eigenvalue weighted by Gasteiger charge is 2.14. The number of hydrogen-bond donors (Lipinski definition) is 3. The highest BCUT2D eigenvalue weighted by atomic mass is 16.2. The lowest BCUT2D eigenvalue weighted by Gasteiger charge is -2.21. The average molecular weight is 411 g/mol. The monoisotopic (exact) mass is 410 g/mol. The van der Waals surface area contributed by atoms with Gasteiger partial charge in [-0.05, 0) is 61.4 Å². The van der Waals surface area contributed by atoms with Crippen molar-refractivity contribution in [3.05, 3.63) is 54.1 Å². The minimum Gasteiger partial charge on any atom is -0.376 e. The summed E-state index contributed by atoms with van der Waals surface area (Å²) in [6.07, 6.45) is 1.85. The number of hydrogen-bond acceptors (Lipinski definition) is 4. The van der Waals surface area contributed by atoms with Gasteiger partial charge in [0.15, 0.2) is 0 Å². The lowest BCUT2D eigenvalue weighted by atomic mass is 10.1.